The number of ketones is 1. The van der Waals surface area contributed by atoms with E-state index in [1.54, 1.807) is 0 Å². The Morgan fingerprint density at radius 2 is 1.83 bits per heavy atom. The van der Waals surface area contributed by atoms with Crippen molar-refractivity contribution in [3.05, 3.63) is 53.3 Å². The summed E-state index contributed by atoms with van der Waals surface area (Å²) in [6.07, 6.45) is 6.38. The standard InChI is InChI=1S/C20H25NO2/c1-15-13-19(16(2)21(15)17-9-5-3-6-10-17)20(22)14-23-18-11-7-4-8-12-18/h4,7-8,11-13,17H,3,5-6,9-10,14H2,1-2H3. The molecule has 0 saturated heterocycles. The van der Waals surface area contributed by atoms with Crippen LogP contribution in [0, 0.1) is 13.8 Å². The molecule has 0 spiro atoms. The number of para-hydroxylation sites is 1. The lowest BCUT2D eigenvalue weighted by atomic mass is 9.95. The first kappa shape index (κ1) is 15.9. The molecule has 23 heavy (non-hydrogen) atoms. The molecule has 1 aliphatic rings. The summed E-state index contributed by atoms with van der Waals surface area (Å²) in [4.78, 5) is 12.5. The minimum absolute atomic E-state index is 0.0593. The highest BCUT2D eigenvalue weighted by Gasteiger charge is 2.22. The summed E-state index contributed by atoms with van der Waals surface area (Å²) in [5.41, 5.74) is 3.09. The molecule has 1 heterocycles. The molecule has 0 radical (unpaired) electrons. The van der Waals surface area contributed by atoms with Crippen molar-refractivity contribution in [2.24, 2.45) is 0 Å². The number of aryl methyl sites for hydroxylation is 1. The van der Waals surface area contributed by atoms with E-state index in [2.05, 4.69) is 18.4 Å². The highest BCUT2D eigenvalue weighted by atomic mass is 16.5. The van der Waals surface area contributed by atoms with Gasteiger partial charge in [-0.3, -0.25) is 4.79 Å². The number of benzene rings is 1. The van der Waals surface area contributed by atoms with Crippen molar-refractivity contribution in [2.45, 2.75) is 52.0 Å². The summed E-state index contributed by atoms with van der Waals surface area (Å²) in [7, 11) is 0. The van der Waals surface area contributed by atoms with Gasteiger partial charge in [-0.2, -0.15) is 0 Å². The lowest BCUT2D eigenvalue weighted by Gasteiger charge is -2.26. The summed E-state index contributed by atoms with van der Waals surface area (Å²) in [5.74, 6) is 0.797. The molecule has 1 aliphatic carbocycles. The lowest BCUT2D eigenvalue weighted by molar-refractivity contribution is 0.0920. The van der Waals surface area contributed by atoms with Crippen LogP contribution in [0.3, 0.4) is 0 Å². The third kappa shape index (κ3) is 3.49. The van der Waals surface area contributed by atoms with Crippen LogP contribution >= 0.6 is 0 Å². The second-order valence-corrected chi connectivity index (χ2v) is 6.47. The van der Waals surface area contributed by atoms with Crippen LogP contribution in [-0.2, 0) is 0 Å². The number of Topliss-reactive ketones (excluding diaryl/α,β-unsaturated/α-hetero) is 1. The molecule has 0 atom stereocenters. The zero-order valence-corrected chi connectivity index (χ0v) is 14.0. The molecule has 1 aromatic heterocycles. The molecule has 0 aliphatic heterocycles. The maximum atomic E-state index is 12.5. The maximum absolute atomic E-state index is 12.5. The number of aromatic nitrogens is 1. The Morgan fingerprint density at radius 1 is 1.13 bits per heavy atom. The molecule has 1 saturated carbocycles. The van der Waals surface area contributed by atoms with E-state index < -0.39 is 0 Å². The second-order valence-electron chi connectivity index (χ2n) is 6.47. The average Bonchev–Trinajstić information content (AvgIpc) is 2.89. The van der Waals surface area contributed by atoms with Crippen LogP contribution in [0.5, 0.6) is 5.75 Å². The van der Waals surface area contributed by atoms with Crippen LogP contribution in [0.25, 0.3) is 0 Å². The number of ether oxygens (including phenoxy) is 1. The topological polar surface area (TPSA) is 31.2 Å². The van der Waals surface area contributed by atoms with Gasteiger partial charge in [0.25, 0.3) is 0 Å². The van der Waals surface area contributed by atoms with E-state index in [-0.39, 0.29) is 12.4 Å². The third-order valence-corrected chi connectivity index (χ3v) is 4.84. The Bertz CT molecular complexity index is 666. The van der Waals surface area contributed by atoms with Crippen molar-refractivity contribution in [1.29, 1.82) is 0 Å². The first-order valence-electron chi connectivity index (χ1n) is 8.56. The van der Waals surface area contributed by atoms with E-state index in [4.69, 9.17) is 4.74 Å². The van der Waals surface area contributed by atoms with Crippen LogP contribution in [0.2, 0.25) is 0 Å². The van der Waals surface area contributed by atoms with Crippen molar-refractivity contribution in [2.75, 3.05) is 6.61 Å². The summed E-state index contributed by atoms with van der Waals surface area (Å²) in [5, 5.41) is 0. The van der Waals surface area contributed by atoms with Gasteiger partial charge in [0, 0.05) is 23.0 Å². The van der Waals surface area contributed by atoms with Crippen LogP contribution in [-0.4, -0.2) is 17.0 Å². The Kier molecular flexibility index (Phi) is 4.85. The van der Waals surface area contributed by atoms with E-state index in [0.29, 0.717) is 6.04 Å². The summed E-state index contributed by atoms with van der Waals surface area (Å²) < 4.78 is 7.98. The van der Waals surface area contributed by atoms with Gasteiger partial charge < -0.3 is 9.30 Å². The van der Waals surface area contributed by atoms with E-state index in [9.17, 15) is 4.79 Å². The Morgan fingerprint density at radius 3 is 2.52 bits per heavy atom. The Balaban J connectivity index is 1.73. The van der Waals surface area contributed by atoms with Gasteiger partial charge in [-0.25, -0.2) is 0 Å². The van der Waals surface area contributed by atoms with Gasteiger partial charge in [0.2, 0.25) is 5.78 Å². The molecule has 122 valence electrons. The van der Waals surface area contributed by atoms with Crippen LogP contribution in [0.1, 0.15) is 59.9 Å². The van der Waals surface area contributed by atoms with E-state index >= 15 is 0 Å². The number of nitrogens with zero attached hydrogens (tertiary/aromatic N) is 1. The smallest absolute Gasteiger partial charge is 0.202 e. The highest BCUT2D eigenvalue weighted by molar-refractivity contribution is 5.98. The lowest BCUT2D eigenvalue weighted by Crippen LogP contribution is -2.17. The fourth-order valence-electron chi connectivity index (χ4n) is 3.70. The van der Waals surface area contributed by atoms with Crippen LogP contribution < -0.4 is 4.74 Å². The quantitative estimate of drug-likeness (QED) is 0.738. The van der Waals surface area contributed by atoms with Gasteiger partial charge in [0.15, 0.2) is 6.61 Å². The molecule has 3 rings (SSSR count). The van der Waals surface area contributed by atoms with Gasteiger partial charge in [0.1, 0.15) is 5.75 Å². The maximum Gasteiger partial charge on any atom is 0.202 e. The Labute approximate surface area is 138 Å². The van der Waals surface area contributed by atoms with Crippen molar-refractivity contribution in [3.63, 3.8) is 0 Å². The van der Waals surface area contributed by atoms with Crippen molar-refractivity contribution in [1.82, 2.24) is 4.57 Å². The monoisotopic (exact) mass is 311 g/mol. The van der Waals surface area contributed by atoms with Crippen LogP contribution in [0.4, 0.5) is 0 Å². The summed E-state index contributed by atoms with van der Waals surface area (Å²) in [6, 6.07) is 12.1. The number of carbonyl (C=O) groups excluding carboxylic acids is 1. The largest absolute Gasteiger partial charge is 0.485 e. The fraction of sp³-hybridized carbons (Fsp3) is 0.450. The van der Waals surface area contributed by atoms with Gasteiger partial charge in [-0.15, -0.1) is 0 Å². The van der Waals surface area contributed by atoms with Crippen molar-refractivity contribution < 1.29 is 9.53 Å². The van der Waals surface area contributed by atoms with E-state index in [1.807, 2.05) is 36.4 Å². The highest BCUT2D eigenvalue weighted by Crippen LogP contribution is 2.32. The predicted octanol–water partition coefficient (Wildman–Crippen LogP) is 4.87. The predicted molar refractivity (Wildman–Crippen MR) is 92.3 cm³/mol. The number of carbonyl (C=O) groups is 1. The minimum atomic E-state index is 0.0593. The molecular weight excluding hydrogens is 286 g/mol. The SMILES string of the molecule is Cc1cc(C(=O)COc2ccccc2)c(C)n1C1CCCCC1. The molecule has 0 bridgehead atoms. The van der Waals surface area contributed by atoms with Crippen molar-refractivity contribution >= 4 is 5.78 Å². The second kappa shape index (κ2) is 7.03. The summed E-state index contributed by atoms with van der Waals surface area (Å²) >= 11 is 0. The third-order valence-electron chi connectivity index (χ3n) is 4.84. The van der Waals surface area contributed by atoms with Gasteiger partial charge in [-0.1, -0.05) is 37.5 Å². The first-order chi connectivity index (χ1) is 11.2. The van der Waals surface area contributed by atoms with E-state index in [1.165, 1.54) is 37.8 Å². The molecule has 1 fully saturated rings. The number of hydrogen-bond donors (Lipinski definition) is 0. The van der Waals surface area contributed by atoms with E-state index in [0.717, 1.165) is 17.0 Å². The average molecular weight is 311 g/mol. The molecule has 2 aromatic rings. The molecule has 3 heteroatoms. The number of rotatable bonds is 5. The molecular formula is C20H25NO2. The minimum Gasteiger partial charge on any atom is -0.485 e. The van der Waals surface area contributed by atoms with Crippen LogP contribution in [0.15, 0.2) is 36.4 Å². The summed E-state index contributed by atoms with van der Waals surface area (Å²) in [6.45, 7) is 4.27. The first-order valence-corrected chi connectivity index (χ1v) is 8.56. The fourth-order valence-corrected chi connectivity index (χ4v) is 3.70. The molecule has 0 N–H and O–H groups in total. The molecule has 3 nitrogen and oxygen atoms in total. The normalized spacial score (nSPS) is 15.6. The Hall–Kier alpha value is -2.03. The zero-order chi connectivity index (χ0) is 16.2. The zero-order valence-electron chi connectivity index (χ0n) is 14.0. The molecule has 1 aromatic carbocycles. The molecule has 0 unspecified atom stereocenters. The van der Waals surface area contributed by atoms with Gasteiger partial charge in [-0.05, 0) is 44.9 Å². The number of hydrogen-bond acceptors (Lipinski definition) is 2. The van der Waals surface area contributed by atoms with Gasteiger partial charge in [0.05, 0.1) is 0 Å². The van der Waals surface area contributed by atoms with Crippen molar-refractivity contribution in [3.8, 4) is 5.75 Å². The van der Waals surface area contributed by atoms with Gasteiger partial charge >= 0.3 is 0 Å². The molecule has 0 amide bonds.